The largest absolute Gasteiger partial charge is 0.389 e. The molecule has 0 aromatic heterocycles. The Bertz CT molecular complexity index is 231. The maximum absolute atomic E-state index is 10.8. The smallest absolute Gasteiger partial charge is 0.0717 e. The van der Waals surface area contributed by atoms with Crippen LogP contribution in [0.25, 0.3) is 0 Å². The van der Waals surface area contributed by atoms with E-state index in [1.54, 1.807) is 0 Å². The average Bonchev–Trinajstić information content (AvgIpc) is 1.99. The van der Waals surface area contributed by atoms with Gasteiger partial charge in [0.05, 0.1) is 5.60 Å². The van der Waals surface area contributed by atoms with E-state index in [0.29, 0.717) is 17.8 Å². The van der Waals surface area contributed by atoms with E-state index in [2.05, 4.69) is 27.4 Å². The van der Waals surface area contributed by atoms with Gasteiger partial charge in [0.1, 0.15) is 0 Å². The molecular formula is C14H26O. The van der Waals surface area contributed by atoms with Gasteiger partial charge in [-0.2, -0.15) is 0 Å². The minimum atomic E-state index is -0.488. The third kappa shape index (κ3) is 3.07. The molecule has 0 radical (unpaired) electrons. The minimum Gasteiger partial charge on any atom is -0.389 e. The number of rotatable bonds is 3. The summed E-state index contributed by atoms with van der Waals surface area (Å²) in [6, 6.07) is 0. The van der Waals surface area contributed by atoms with Crippen LogP contribution in [-0.4, -0.2) is 10.7 Å². The molecule has 1 aliphatic carbocycles. The summed E-state index contributed by atoms with van der Waals surface area (Å²) in [5, 5.41) is 10.8. The van der Waals surface area contributed by atoms with E-state index in [1.165, 1.54) is 12.8 Å². The first-order valence-electron chi connectivity index (χ1n) is 6.22. The van der Waals surface area contributed by atoms with Crippen LogP contribution in [0.1, 0.15) is 53.4 Å². The van der Waals surface area contributed by atoms with E-state index in [9.17, 15) is 5.11 Å². The molecule has 0 unspecified atom stereocenters. The van der Waals surface area contributed by atoms with Gasteiger partial charge in [-0.25, -0.2) is 0 Å². The highest BCUT2D eigenvalue weighted by molar-refractivity contribution is 5.03. The lowest BCUT2D eigenvalue weighted by Gasteiger charge is -2.45. The van der Waals surface area contributed by atoms with Crippen LogP contribution in [0.3, 0.4) is 0 Å². The standard InChI is InChI=1S/C14H26O/c1-10(2)8-14(15)9-12(5)6-7-13(14)11(3)4/h11-13,15H,1,6-9H2,2-5H3/t12-,13+,14+/m1/s1. The fourth-order valence-corrected chi connectivity index (χ4v) is 3.27. The Kier molecular flexibility index (Phi) is 3.99. The molecule has 1 fully saturated rings. The zero-order valence-electron chi connectivity index (χ0n) is 10.7. The van der Waals surface area contributed by atoms with E-state index < -0.39 is 5.60 Å². The normalized spacial score (nSPS) is 36.9. The van der Waals surface area contributed by atoms with Crippen molar-refractivity contribution in [1.29, 1.82) is 0 Å². The molecule has 1 saturated carbocycles. The zero-order chi connectivity index (χ0) is 11.6. The SMILES string of the molecule is C=C(C)C[C@]1(O)C[C@H](C)CC[C@H]1C(C)C. The minimum absolute atomic E-state index is 0.449. The van der Waals surface area contributed by atoms with Crippen LogP contribution >= 0.6 is 0 Å². The van der Waals surface area contributed by atoms with E-state index >= 15 is 0 Å². The van der Waals surface area contributed by atoms with Crippen molar-refractivity contribution >= 4 is 0 Å². The maximum Gasteiger partial charge on any atom is 0.0717 e. The molecule has 0 bridgehead atoms. The highest BCUT2D eigenvalue weighted by atomic mass is 16.3. The Hall–Kier alpha value is -0.300. The van der Waals surface area contributed by atoms with Crippen molar-refractivity contribution in [2.75, 3.05) is 0 Å². The van der Waals surface area contributed by atoms with Gasteiger partial charge in [-0.1, -0.05) is 32.8 Å². The third-order valence-electron chi connectivity index (χ3n) is 3.78. The predicted octanol–water partition coefficient (Wildman–Crippen LogP) is 3.78. The molecule has 1 heteroatoms. The molecular weight excluding hydrogens is 184 g/mol. The summed E-state index contributed by atoms with van der Waals surface area (Å²) in [6.45, 7) is 12.7. The molecule has 88 valence electrons. The maximum atomic E-state index is 10.8. The molecule has 1 rings (SSSR count). The Morgan fingerprint density at radius 2 is 2.07 bits per heavy atom. The Labute approximate surface area is 94.6 Å². The summed E-state index contributed by atoms with van der Waals surface area (Å²) < 4.78 is 0. The first-order chi connectivity index (χ1) is 6.85. The molecule has 0 saturated heterocycles. The molecule has 0 amide bonds. The van der Waals surface area contributed by atoms with Crippen LogP contribution in [0.15, 0.2) is 12.2 Å². The lowest BCUT2D eigenvalue weighted by atomic mass is 9.65. The quantitative estimate of drug-likeness (QED) is 0.703. The van der Waals surface area contributed by atoms with E-state index in [1.807, 2.05) is 6.92 Å². The average molecular weight is 210 g/mol. The van der Waals surface area contributed by atoms with Crippen molar-refractivity contribution in [3.63, 3.8) is 0 Å². The summed E-state index contributed by atoms with van der Waals surface area (Å²) in [6.07, 6.45) is 4.16. The van der Waals surface area contributed by atoms with Crippen molar-refractivity contribution in [3.05, 3.63) is 12.2 Å². The van der Waals surface area contributed by atoms with Gasteiger partial charge < -0.3 is 5.11 Å². The topological polar surface area (TPSA) is 20.2 Å². The molecule has 0 aromatic carbocycles. The number of aliphatic hydroxyl groups is 1. The summed E-state index contributed by atoms with van der Waals surface area (Å²) >= 11 is 0. The van der Waals surface area contributed by atoms with Crippen molar-refractivity contribution in [1.82, 2.24) is 0 Å². The van der Waals surface area contributed by atoms with Gasteiger partial charge in [-0.05, 0) is 43.9 Å². The van der Waals surface area contributed by atoms with Crippen LogP contribution in [0, 0.1) is 17.8 Å². The van der Waals surface area contributed by atoms with E-state index in [-0.39, 0.29) is 0 Å². The molecule has 0 aromatic rings. The van der Waals surface area contributed by atoms with Crippen molar-refractivity contribution in [2.24, 2.45) is 17.8 Å². The van der Waals surface area contributed by atoms with Gasteiger partial charge in [0.25, 0.3) is 0 Å². The van der Waals surface area contributed by atoms with Gasteiger partial charge in [-0.15, -0.1) is 6.58 Å². The fourth-order valence-electron chi connectivity index (χ4n) is 3.27. The number of hydrogen-bond acceptors (Lipinski definition) is 1. The summed E-state index contributed by atoms with van der Waals surface area (Å²) in [4.78, 5) is 0. The van der Waals surface area contributed by atoms with Gasteiger partial charge >= 0.3 is 0 Å². The van der Waals surface area contributed by atoms with Gasteiger partial charge in [0.15, 0.2) is 0 Å². The molecule has 1 N–H and O–H groups in total. The molecule has 0 heterocycles. The molecule has 1 nitrogen and oxygen atoms in total. The Morgan fingerprint density at radius 1 is 1.47 bits per heavy atom. The van der Waals surface area contributed by atoms with Crippen molar-refractivity contribution in [3.8, 4) is 0 Å². The van der Waals surface area contributed by atoms with E-state index in [0.717, 1.165) is 18.4 Å². The second-order valence-corrected chi connectivity index (χ2v) is 5.97. The van der Waals surface area contributed by atoms with Gasteiger partial charge in [-0.3, -0.25) is 0 Å². The van der Waals surface area contributed by atoms with Crippen LogP contribution in [-0.2, 0) is 0 Å². The summed E-state index contributed by atoms with van der Waals surface area (Å²) in [5.74, 6) is 1.68. The summed E-state index contributed by atoms with van der Waals surface area (Å²) in [7, 11) is 0. The molecule has 3 atom stereocenters. The molecule has 0 spiro atoms. The molecule has 0 aliphatic heterocycles. The second-order valence-electron chi connectivity index (χ2n) is 5.97. The monoisotopic (exact) mass is 210 g/mol. The van der Waals surface area contributed by atoms with Crippen LogP contribution in [0.5, 0.6) is 0 Å². The first kappa shape index (κ1) is 12.8. The first-order valence-corrected chi connectivity index (χ1v) is 6.22. The number of hydrogen-bond donors (Lipinski definition) is 1. The van der Waals surface area contributed by atoms with E-state index in [4.69, 9.17) is 0 Å². The van der Waals surface area contributed by atoms with Crippen molar-refractivity contribution in [2.45, 2.75) is 59.0 Å². The zero-order valence-corrected chi connectivity index (χ0v) is 10.7. The summed E-state index contributed by atoms with van der Waals surface area (Å²) in [5.41, 5.74) is 0.620. The second kappa shape index (κ2) is 4.69. The van der Waals surface area contributed by atoms with Crippen LogP contribution < -0.4 is 0 Å². The molecule has 1 aliphatic rings. The lowest BCUT2D eigenvalue weighted by Crippen LogP contribution is -2.45. The Morgan fingerprint density at radius 3 is 2.53 bits per heavy atom. The third-order valence-corrected chi connectivity index (χ3v) is 3.78. The van der Waals surface area contributed by atoms with Gasteiger partial charge in [0.2, 0.25) is 0 Å². The van der Waals surface area contributed by atoms with Crippen LogP contribution in [0.2, 0.25) is 0 Å². The van der Waals surface area contributed by atoms with Crippen molar-refractivity contribution < 1.29 is 5.11 Å². The van der Waals surface area contributed by atoms with Gasteiger partial charge in [0, 0.05) is 0 Å². The fraction of sp³-hybridized carbons (Fsp3) is 0.857. The molecule has 15 heavy (non-hydrogen) atoms. The predicted molar refractivity (Wildman–Crippen MR) is 65.7 cm³/mol. The Balaban J connectivity index is 2.80. The van der Waals surface area contributed by atoms with Crippen LogP contribution in [0.4, 0.5) is 0 Å². The highest BCUT2D eigenvalue weighted by Gasteiger charge is 2.42. The lowest BCUT2D eigenvalue weighted by molar-refractivity contribution is -0.0792. The highest BCUT2D eigenvalue weighted by Crippen LogP contribution is 2.43.